The quantitative estimate of drug-likeness (QED) is 0.174. The first-order valence-electron chi connectivity index (χ1n) is 13.0. The van der Waals surface area contributed by atoms with Crippen molar-refractivity contribution in [2.75, 3.05) is 23.8 Å². The highest BCUT2D eigenvalue weighted by Crippen LogP contribution is 2.49. The van der Waals surface area contributed by atoms with Crippen molar-refractivity contribution in [2.24, 2.45) is 0 Å². The Morgan fingerprint density at radius 3 is 2.39 bits per heavy atom. The molecular formula is C30H28FN5O5. The fraction of sp³-hybridized carbons (Fsp3) is 0.200. The summed E-state index contributed by atoms with van der Waals surface area (Å²) in [5, 5.41) is 27.4. The van der Waals surface area contributed by atoms with Crippen LogP contribution >= 0.6 is 0 Å². The van der Waals surface area contributed by atoms with Crippen LogP contribution in [0.1, 0.15) is 44.7 Å². The van der Waals surface area contributed by atoms with Crippen molar-refractivity contribution in [2.45, 2.75) is 25.1 Å². The predicted octanol–water partition coefficient (Wildman–Crippen LogP) is 3.61. The third-order valence-electron chi connectivity index (χ3n) is 6.84. The molecule has 1 fully saturated rings. The summed E-state index contributed by atoms with van der Waals surface area (Å²) in [6.07, 6.45) is 3.82. The number of carbonyl (C=O) groups is 2. The van der Waals surface area contributed by atoms with Crippen LogP contribution in [0.15, 0.2) is 77.9 Å². The van der Waals surface area contributed by atoms with Crippen LogP contribution in [0.5, 0.6) is 0 Å². The molecule has 0 bridgehead atoms. The minimum atomic E-state index is -1.28. The number of anilines is 3. The number of nitrogens with zero attached hydrogens (tertiary/aromatic N) is 1. The number of pyridine rings is 2. The van der Waals surface area contributed by atoms with Gasteiger partial charge in [-0.25, -0.2) is 9.37 Å². The second-order valence-corrected chi connectivity index (χ2v) is 9.65. The van der Waals surface area contributed by atoms with Crippen LogP contribution in [0.25, 0.3) is 11.1 Å². The van der Waals surface area contributed by atoms with Crippen LogP contribution in [0.3, 0.4) is 0 Å². The lowest BCUT2D eigenvalue weighted by atomic mass is 9.99. The second-order valence-electron chi connectivity index (χ2n) is 9.65. The van der Waals surface area contributed by atoms with Gasteiger partial charge >= 0.3 is 0 Å². The van der Waals surface area contributed by atoms with Crippen LogP contribution in [0.2, 0.25) is 0 Å². The summed E-state index contributed by atoms with van der Waals surface area (Å²) < 4.78 is 14.3. The summed E-state index contributed by atoms with van der Waals surface area (Å²) in [4.78, 5) is 44.4. The highest BCUT2D eigenvalue weighted by molar-refractivity contribution is 6.05. The lowest BCUT2D eigenvalue weighted by Crippen LogP contribution is -2.26. The number of nitrogens with one attached hydrogen (secondary N) is 4. The average molecular weight is 558 g/mol. The highest BCUT2D eigenvalue weighted by Gasteiger charge is 2.44. The Hall–Kier alpha value is -4.87. The number of benzene rings is 2. The molecule has 1 aliphatic carbocycles. The molecule has 0 spiro atoms. The molecule has 1 aliphatic rings. The van der Waals surface area contributed by atoms with Gasteiger partial charge in [-0.1, -0.05) is 24.3 Å². The van der Waals surface area contributed by atoms with E-state index in [1.165, 1.54) is 18.5 Å². The monoisotopic (exact) mass is 557 g/mol. The molecule has 11 heteroatoms. The molecule has 2 amide bonds. The van der Waals surface area contributed by atoms with E-state index in [0.717, 1.165) is 0 Å². The zero-order valence-electron chi connectivity index (χ0n) is 21.9. The van der Waals surface area contributed by atoms with Crippen molar-refractivity contribution in [3.05, 3.63) is 106 Å². The first-order chi connectivity index (χ1) is 19.8. The Bertz CT molecular complexity index is 1630. The molecule has 1 saturated carbocycles. The molecule has 41 heavy (non-hydrogen) atoms. The van der Waals surface area contributed by atoms with E-state index >= 15 is 0 Å². The van der Waals surface area contributed by atoms with Gasteiger partial charge in [-0.05, 0) is 60.4 Å². The first-order valence-corrected chi connectivity index (χ1v) is 13.0. The lowest BCUT2D eigenvalue weighted by molar-refractivity contribution is 0.0943. The SMILES string of the molecule is O=C(NCCO)c1ccc(Nc2cc(-c3cccc(NC(=O)c4ccc(C5(F)CC5)cc4)c3CO)c[nH]c2=O)nc1. The number of aliphatic hydroxyl groups excluding tert-OH is 2. The Morgan fingerprint density at radius 2 is 1.73 bits per heavy atom. The van der Waals surface area contributed by atoms with Crippen LogP contribution in [-0.2, 0) is 12.3 Å². The molecule has 0 radical (unpaired) electrons. The standard InChI is InChI=1S/C30H28FN5O5/c31-30(10-11-30)21-7-4-18(5-8-21)28(40)36-24-3-1-2-22(23(24)17-38)20-14-25(29(41)34-16-20)35-26-9-6-19(15-33-26)27(39)32-12-13-37/h1-9,14-16,37-38H,10-13,17H2,(H,32,39)(H,33,35)(H,34,41)(H,36,40). The van der Waals surface area contributed by atoms with E-state index in [1.807, 2.05) is 0 Å². The number of alkyl halides is 1. The largest absolute Gasteiger partial charge is 0.395 e. The number of rotatable bonds is 10. The fourth-order valence-corrected chi connectivity index (χ4v) is 4.40. The van der Waals surface area contributed by atoms with Gasteiger partial charge in [-0.3, -0.25) is 14.4 Å². The summed E-state index contributed by atoms with van der Waals surface area (Å²) in [6.45, 7) is -0.449. The number of aliphatic hydroxyl groups is 2. The summed E-state index contributed by atoms with van der Waals surface area (Å²) in [5.41, 5.74) is 1.65. The van der Waals surface area contributed by atoms with Gasteiger partial charge in [0.2, 0.25) is 0 Å². The maximum absolute atomic E-state index is 14.3. The Labute approximate surface area is 234 Å². The molecule has 0 unspecified atom stereocenters. The van der Waals surface area contributed by atoms with E-state index in [2.05, 4.69) is 25.9 Å². The molecule has 0 saturated heterocycles. The zero-order chi connectivity index (χ0) is 29.0. The van der Waals surface area contributed by atoms with E-state index < -0.39 is 23.7 Å². The number of aromatic nitrogens is 2. The maximum Gasteiger partial charge on any atom is 0.271 e. The summed E-state index contributed by atoms with van der Waals surface area (Å²) in [5.74, 6) is -0.471. The van der Waals surface area contributed by atoms with Gasteiger partial charge < -0.3 is 31.1 Å². The van der Waals surface area contributed by atoms with Crippen LogP contribution in [-0.4, -0.2) is 45.1 Å². The molecular weight excluding hydrogens is 529 g/mol. The summed E-state index contributed by atoms with van der Waals surface area (Å²) >= 11 is 0. The maximum atomic E-state index is 14.3. The van der Waals surface area contributed by atoms with Gasteiger partial charge in [0.1, 0.15) is 17.2 Å². The smallest absolute Gasteiger partial charge is 0.271 e. The number of aromatic amines is 1. The van der Waals surface area contributed by atoms with Crippen molar-refractivity contribution >= 4 is 29.0 Å². The molecule has 4 aromatic rings. The van der Waals surface area contributed by atoms with Crippen molar-refractivity contribution in [1.82, 2.24) is 15.3 Å². The molecule has 210 valence electrons. The van der Waals surface area contributed by atoms with Crippen molar-refractivity contribution < 1.29 is 24.2 Å². The van der Waals surface area contributed by atoms with Gasteiger partial charge in [-0.2, -0.15) is 0 Å². The number of amides is 2. The first kappa shape index (κ1) is 27.7. The summed E-state index contributed by atoms with van der Waals surface area (Å²) in [6, 6.07) is 16.2. The summed E-state index contributed by atoms with van der Waals surface area (Å²) in [7, 11) is 0. The van der Waals surface area contributed by atoms with Gasteiger partial charge in [0.25, 0.3) is 17.4 Å². The second kappa shape index (κ2) is 11.7. The van der Waals surface area contributed by atoms with Crippen LogP contribution < -0.4 is 21.5 Å². The van der Waals surface area contributed by atoms with E-state index in [-0.39, 0.29) is 24.7 Å². The average Bonchev–Trinajstić information content (AvgIpc) is 3.75. The molecule has 0 atom stereocenters. The van der Waals surface area contributed by atoms with Crippen LogP contribution in [0, 0.1) is 0 Å². The Kier molecular flexibility index (Phi) is 7.90. The van der Waals surface area contributed by atoms with Gasteiger partial charge in [0.05, 0.1) is 18.8 Å². The van der Waals surface area contributed by atoms with Gasteiger partial charge in [-0.15, -0.1) is 0 Å². The van der Waals surface area contributed by atoms with Crippen molar-refractivity contribution in [3.63, 3.8) is 0 Å². The Balaban J connectivity index is 1.35. The van der Waals surface area contributed by atoms with Gasteiger partial charge in [0.15, 0.2) is 0 Å². The topological polar surface area (TPSA) is 156 Å². The Morgan fingerprint density at radius 1 is 0.976 bits per heavy atom. The molecule has 2 aromatic heterocycles. The highest BCUT2D eigenvalue weighted by atomic mass is 19.1. The van der Waals surface area contributed by atoms with Crippen molar-refractivity contribution in [1.29, 1.82) is 0 Å². The lowest BCUT2D eigenvalue weighted by Gasteiger charge is -2.15. The zero-order valence-corrected chi connectivity index (χ0v) is 21.9. The van der Waals surface area contributed by atoms with E-state index in [1.54, 1.807) is 54.6 Å². The molecule has 0 aliphatic heterocycles. The number of hydrogen-bond donors (Lipinski definition) is 6. The number of halogens is 1. The third kappa shape index (κ3) is 6.16. The minimum Gasteiger partial charge on any atom is -0.395 e. The number of H-pyrrole nitrogens is 1. The molecule has 6 N–H and O–H groups in total. The van der Waals surface area contributed by atoms with Gasteiger partial charge in [0, 0.05) is 41.3 Å². The molecule has 2 heterocycles. The van der Waals surface area contributed by atoms with Crippen LogP contribution in [0.4, 0.5) is 21.6 Å². The number of hydrogen-bond acceptors (Lipinski definition) is 7. The third-order valence-corrected chi connectivity index (χ3v) is 6.84. The van der Waals surface area contributed by atoms with E-state index in [4.69, 9.17) is 5.11 Å². The fourth-order valence-electron chi connectivity index (χ4n) is 4.40. The van der Waals surface area contributed by atoms with E-state index in [9.17, 15) is 23.9 Å². The molecule has 10 nitrogen and oxygen atoms in total. The van der Waals surface area contributed by atoms with E-state index in [0.29, 0.717) is 57.7 Å². The minimum absolute atomic E-state index is 0.121. The molecule has 5 rings (SSSR count). The van der Waals surface area contributed by atoms with Crippen molar-refractivity contribution in [3.8, 4) is 11.1 Å². The molecule has 2 aromatic carbocycles. The normalized spacial score (nSPS) is 13.3. The number of carbonyl (C=O) groups excluding carboxylic acids is 2. The predicted molar refractivity (Wildman–Crippen MR) is 152 cm³/mol.